The van der Waals surface area contributed by atoms with Gasteiger partial charge in [0.2, 0.25) is 0 Å². The van der Waals surface area contributed by atoms with Gasteiger partial charge in [-0.05, 0) is 19.9 Å². The van der Waals surface area contributed by atoms with E-state index in [1.165, 1.54) is 115 Å². The Bertz CT molecular complexity index is 194. The van der Waals surface area contributed by atoms with Gasteiger partial charge in [-0.3, -0.25) is 0 Å². The first kappa shape index (κ1) is 21.5. The molecule has 0 nitrogen and oxygen atoms in total. The van der Waals surface area contributed by atoms with Gasteiger partial charge < -0.3 is 0 Å². The molecule has 0 spiro atoms. The molecule has 0 atom stereocenters. The van der Waals surface area contributed by atoms with Gasteiger partial charge in [-0.15, -0.1) is 0 Å². The van der Waals surface area contributed by atoms with E-state index in [4.69, 9.17) is 11.8 Å². The fourth-order valence-electron chi connectivity index (χ4n) is 2.90. The molecule has 0 N–H and O–H groups in total. The van der Waals surface area contributed by atoms with E-state index >= 15 is 0 Å². The quantitative estimate of drug-likeness (QED) is 0.181. The van der Waals surface area contributed by atoms with Crippen molar-refractivity contribution in [1.82, 2.24) is 0 Å². The van der Waals surface area contributed by atoms with E-state index in [2.05, 4.69) is 6.92 Å². The van der Waals surface area contributed by atoms with Crippen LogP contribution in [0.5, 0.6) is 0 Å². The lowest BCUT2D eigenvalue weighted by molar-refractivity contribution is 0.529. The maximum Gasteiger partial charge on any atom is -0.000157 e. The molecule has 0 saturated heterocycles. The minimum atomic E-state index is 1.16. The van der Waals surface area contributed by atoms with Gasteiger partial charge in [-0.2, -0.15) is 0 Å². The lowest BCUT2D eigenvalue weighted by Gasteiger charge is -2.03. The highest BCUT2D eigenvalue weighted by atomic mass is 32.4. The van der Waals surface area contributed by atoms with E-state index in [0.29, 0.717) is 0 Å². The summed E-state index contributed by atoms with van der Waals surface area (Å²) in [6, 6.07) is 0. The highest BCUT2D eigenvalue weighted by Crippen LogP contribution is 2.14. The van der Waals surface area contributed by atoms with Crippen molar-refractivity contribution in [3.8, 4) is 0 Å². The Morgan fingerprint density at radius 3 is 1.05 bits per heavy atom. The molecule has 0 bridgehead atoms. The van der Waals surface area contributed by atoms with E-state index in [-0.39, 0.29) is 0 Å². The van der Waals surface area contributed by atoms with Crippen molar-refractivity contribution in [2.45, 2.75) is 116 Å². The number of rotatable bonds is 18. The van der Waals surface area contributed by atoms with Crippen LogP contribution in [0, 0.1) is 0 Å². The number of hydrogen-bond acceptors (Lipinski definition) is 1. The lowest BCUT2D eigenvalue weighted by Crippen LogP contribution is -1.84. The van der Waals surface area contributed by atoms with Crippen LogP contribution in [0.3, 0.4) is 0 Å². The van der Waals surface area contributed by atoms with Crippen molar-refractivity contribution in [3.05, 3.63) is 0 Å². The summed E-state index contributed by atoms with van der Waals surface area (Å²) >= 11 is 4.93. The molecule has 0 radical (unpaired) electrons. The summed E-state index contributed by atoms with van der Waals surface area (Å²) in [4.78, 5) is 0. The Kier molecular flexibility index (Phi) is 21.0. The average Bonchev–Trinajstić information content (AvgIpc) is 2.50. The molecule has 0 aromatic heterocycles. The van der Waals surface area contributed by atoms with E-state index in [1.807, 2.05) is 0 Å². The van der Waals surface area contributed by atoms with Crippen LogP contribution >= 0.6 is 7.36 Å². The number of hydrogen-bond donors (Lipinski definition) is 0. The van der Waals surface area contributed by atoms with Gasteiger partial charge in [-0.1, -0.05) is 121 Å². The van der Waals surface area contributed by atoms with Crippen LogP contribution in [0.2, 0.25) is 0 Å². The molecular weight excluding hydrogens is 291 g/mol. The summed E-state index contributed by atoms with van der Waals surface area (Å²) in [5.41, 5.74) is 0. The maximum absolute atomic E-state index is 4.93. The molecule has 0 aromatic carbocycles. The fraction of sp³-hybridized carbons (Fsp3) is 1.00. The van der Waals surface area contributed by atoms with Gasteiger partial charge in [0, 0.05) is 0 Å². The molecule has 0 aliphatic carbocycles. The van der Waals surface area contributed by atoms with Crippen molar-refractivity contribution >= 4 is 19.2 Å². The van der Waals surface area contributed by atoms with Crippen LogP contribution in [0.4, 0.5) is 0 Å². The SMILES string of the molecule is CCCCCCCCCCCCCCCCCCCP=S. The molecule has 126 valence electrons. The Morgan fingerprint density at radius 1 is 0.476 bits per heavy atom. The second-order valence-electron chi connectivity index (χ2n) is 6.51. The molecule has 0 rings (SSSR count). The second-order valence-corrected chi connectivity index (χ2v) is 7.99. The predicted octanol–water partition coefficient (Wildman–Crippen LogP) is 8.05. The van der Waals surface area contributed by atoms with E-state index in [9.17, 15) is 0 Å². The molecule has 0 aliphatic heterocycles. The van der Waals surface area contributed by atoms with Crippen molar-refractivity contribution in [1.29, 1.82) is 0 Å². The van der Waals surface area contributed by atoms with E-state index in [1.54, 1.807) is 0 Å². The third-order valence-electron chi connectivity index (χ3n) is 4.35. The normalized spacial score (nSPS) is 11.3. The zero-order valence-electron chi connectivity index (χ0n) is 14.6. The minimum absolute atomic E-state index is 1.16. The molecule has 21 heavy (non-hydrogen) atoms. The third-order valence-corrected chi connectivity index (χ3v) is 5.40. The van der Waals surface area contributed by atoms with E-state index in [0.717, 1.165) is 7.36 Å². The summed E-state index contributed by atoms with van der Waals surface area (Å²) in [5, 5.41) is 0. The zero-order valence-corrected chi connectivity index (χ0v) is 16.3. The summed E-state index contributed by atoms with van der Waals surface area (Å²) in [5.74, 6) is 0. The molecular formula is C19H39PS. The molecule has 0 aromatic rings. The van der Waals surface area contributed by atoms with Crippen LogP contribution in [-0.4, -0.2) is 6.16 Å². The van der Waals surface area contributed by atoms with Crippen molar-refractivity contribution in [2.24, 2.45) is 0 Å². The Balaban J connectivity index is 2.91. The summed E-state index contributed by atoms with van der Waals surface area (Å²) < 4.78 is 0. The molecule has 0 aliphatic rings. The van der Waals surface area contributed by atoms with Gasteiger partial charge in [0.1, 0.15) is 0 Å². The second kappa shape index (κ2) is 20.5. The maximum atomic E-state index is 4.93. The van der Waals surface area contributed by atoms with Gasteiger partial charge in [0.25, 0.3) is 0 Å². The van der Waals surface area contributed by atoms with Crippen LogP contribution < -0.4 is 0 Å². The Labute approximate surface area is 141 Å². The van der Waals surface area contributed by atoms with Crippen LogP contribution in [0.1, 0.15) is 116 Å². The van der Waals surface area contributed by atoms with Crippen LogP contribution in [0.15, 0.2) is 0 Å². The Morgan fingerprint density at radius 2 is 0.762 bits per heavy atom. The largest absolute Gasteiger partial charge is 0.0654 e. The Hall–Kier alpha value is 0.520. The first-order valence-electron chi connectivity index (χ1n) is 9.71. The summed E-state index contributed by atoms with van der Waals surface area (Å²) in [6.07, 6.45) is 25.9. The van der Waals surface area contributed by atoms with Crippen LogP contribution in [-0.2, 0) is 11.8 Å². The third kappa shape index (κ3) is 20.5. The van der Waals surface area contributed by atoms with Gasteiger partial charge in [0.05, 0.1) is 0 Å². The van der Waals surface area contributed by atoms with Crippen molar-refractivity contribution in [2.75, 3.05) is 6.16 Å². The average molecular weight is 331 g/mol. The highest BCUT2D eigenvalue weighted by Gasteiger charge is 1.94. The lowest BCUT2D eigenvalue weighted by atomic mass is 10.0. The first-order valence-corrected chi connectivity index (χ1v) is 11.8. The zero-order chi connectivity index (χ0) is 15.4. The molecule has 0 saturated carbocycles. The van der Waals surface area contributed by atoms with Crippen molar-refractivity contribution in [3.63, 3.8) is 0 Å². The van der Waals surface area contributed by atoms with Crippen molar-refractivity contribution < 1.29 is 0 Å². The molecule has 2 heteroatoms. The van der Waals surface area contributed by atoms with Gasteiger partial charge in [-0.25, -0.2) is 0 Å². The number of unbranched alkanes of at least 4 members (excludes halogenated alkanes) is 16. The monoisotopic (exact) mass is 330 g/mol. The summed E-state index contributed by atoms with van der Waals surface area (Å²) in [6.45, 7) is 2.29. The first-order chi connectivity index (χ1) is 10.4. The standard InChI is InChI=1S/C19H39PS/c1-2-3-4-5-6-7-8-9-10-11-12-13-14-15-16-17-18-19-20-21/h2-19H2,1H3. The smallest absolute Gasteiger partial charge is 0.000157 e. The molecule has 0 heterocycles. The van der Waals surface area contributed by atoms with Gasteiger partial charge in [0.15, 0.2) is 0 Å². The molecule has 0 amide bonds. The predicted molar refractivity (Wildman–Crippen MR) is 103 cm³/mol. The van der Waals surface area contributed by atoms with Crippen LogP contribution in [0.25, 0.3) is 0 Å². The topological polar surface area (TPSA) is 0 Å². The molecule has 0 unspecified atom stereocenters. The minimum Gasteiger partial charge on any atom is -0.0654 e. The molecule has 0 fully saturated rings. The fourth-order valence-corrected chi connectivity index (χ4v) is 3.64. The van der Waals surface area contributed by atoms with Gasteiger partial charge >= 0.3 is 0 Å². The summed E-state index contributed by atoms with van der Waals surface area (Å²) in [7, 11) is 1.16. The van der Waals surface area contributed by atoms with E-state index < -0.39 is 0 Å². The highest BCUT2D eigenvalue weighted by molar-refractivity contribution is 7.96.